The SMILES string of the molecule is Cc1c(F)cc([C@H](C)C(F)(F)F)cc1F. The molecule has 0 aromatic heterocycles. The number of benzene rings is 1. The molecule has 15 heavy (non-hydrogen) atoms. The molecule has 0 saturated carbocycles. The monoisotopic (exact) mass is 224 g/mol. The highest BCUT2D eigenvalue weighted by atomic mass is 19.4. The van der Waals surface area contributed by atoms with Crippen LogP contribution in [0.4, 0.5) is 22.0 Å². The molecule has 0 bridgehead atoms. The molecule has 0 aliphatic rings. The van der Waals surface area contributed by atoms with Crippen LogP contribution >= 0.6 is 0 Å². The van der Waals surface area contributed by atoms with E-state index in [0.717, 1.165) is 19.1 Å². The number of alkyl halides is 3. The third-order valence-electron chi connectivity index (χ3n) is 2.29. The molecule has 0 amide bonds. The largest absolute Gasteiger partial charge is 0.395 e. The van der Waals surface area contributed by atoms with Crippen molar-refractivity contribution in [1.82, 2.24) is 0 Å². The van der Waals surface area contributed by atoms with Gasteiger partial charge in [-0.2, -0.15) is 13.2 Å². The summed E-state index contributed by atoms with van der Waals surface area (Å²) in [7, 11) is 0. The van der Waals surface area contributed by atoms with Gasteiger partial charge in [0.2, 0.25) is 0 Å². The van der Waals surface area contributed by atoms with Crippen LogP contribution < -0.4 is 0 Å². The lowest BCUT2D eigenvalue weighted by atomic mass is 9.99. The summed E-state index contributed by atoms with van der Waals surface area (Å²) in [5, 5.41) is 0. The highest BCUT2D eigenvalue weighted by molar-refractivity contribution is 5.28. The van der Waals surface area contributed by atoms with E-state index in [0.29, 0.717) is 0 Å². The molecule has 0 nitrogen and oxygen atoms in total. The molecule has 0 aliphatic heterocycles. The average molecular weight is 224 g/mol. The lowest BCUT2D eigenvalue weighted by molar-refractivity contribution is -0.146. The van der Waals surface area contributed by atoms with Gasteiger partial charge in [0.15, 0.2) is 0 Å². The van der Waals surface area contributed by atoms with Crippen molar-refractivity contribution in [2.24, 2.45) is 0 Å². The summed E-state index contributed by atoms with van der Waals surface area (Å²) in [6.07, 6.45) is -4.49. The van der Waals surface area contributed by atoms with Gasteiger partial charge < -0.3 is 0 Å². The zero-order valence-corrected chi connectivity index (χ0v) is 8.12. The fourth-order valence-electron chi connectivity index (χ4n) is 1.10. The number of hydrogen-bond acceptors (Lipinski definition) is 0. The Labute approximate surface area is 83.7 Å². The van der Waals surface area contributed by atoms with Crippen LogP contribution in [0.15, 0.2) is 12.1 Å². The Bertz CT molecular complexity index is 344. The molecule has 0 radical (unpaired) electrons. The molecular formula is C10H9F5. The fourth-order valence-corrected chi connectivity index (χ4v) is 1.10. The maximum absolute atomic E-state index is 13.0. The Hall–Kier alpha value is -1.13. The molecule has 0 aliphatic carbocycles. The summed E-state index contributed by atoms with van der Waals surface area (Å²) in [5.74, 6) is -3.79. The van der Waals surface area contributed by atoms with Crippen molar-refractivity contribution in [2.75, 3.05) is 0 Å². The molecule has 84 valence electrons. The van der Waals surface area contributed by atoms with Gasteiger partial charge in [0.1, 0.15) is 11.6 Å². The van der Waals surface area contributed by atoms with Crippen molar-refractivity contribution in [3.05, 3.63) is 34.9 Å². The van der Waals surface area contributed by atoms with Gasteiger partial charge in [-0.25, -0.2) is 8.78 Å². The Balaban J connectivity index is 3.17. The quantitative estimate of drug-likeness (QED) is 0.634. The molecule has 0 heterocycles. The first-order chi connectivity index (χ1) is 6.73. The van der Waals surface area contributed by atoms with Crippen LogP contribution in [0.2, 0.25) is 0 Å². The molecule has 0 spiro atoms. The third-order valence-corrected chi connectivity index (χ3v) is 2.29. The topological polar surface area (TPSA) is 0 Å². The maximum atomic E-state index is 13.0. The standard InChI is InChI=1S/C10H9F5/c1-5-8(11)3-7(4-9(5)12)6(2)10(13,14)15/h3-4,6H,1-2H3/t6-/m0/s1. The van der Waals surface area contributed by atoms with Gasteiger partial charge in [-0.3, -0.25) is 0 Å². The molecule has 5 heteroatoms. The Morgan fingerprint density at radius 1 is 1.07 bits per heavy atom. The van der Waals surface area contributed by atoms with Crippen molar-refractivity contribution in [1.29, 1.82) is 0 Å². The molecule has 1 aromatic carbocycles. The van der Waals surface area contributed by atoms with E-state index in [1.165, 1.54) is 6.92 Å². The van der Waals surface area contributed by atoms with E-state index < -0.39 is 29.3 Å². The third kappa shape index (κ3) is 2.46. The lowest BCUT2D eigenvalue weighted by Crippen LogP contribution is -2.18. The Morgan fingerprint density at radius 3 is 1.80 bits per heavy atom. The van der Waals surface area contributed by atoms with Crippen LogP contribution in [0.25, 0.3) is 0 Å². The van der Waals surface area contributed by atoms with Crippen molar-refractivity contribution in [2.45, 2.75) is 25.9 Å². The van der Waals surface area contributed by atoms with E-state index in [2.05, 4.69) is 0 Å². The first kappa shape index (κ1) is 11.9. The van der Waals surface area contributed by atoms with Crippen LogP contribution in [0.5, 0.6) is 0 Å². The predicted octanol–water partition coefficient (Wildman–Crippen LogP) is 3.94. The molecule has 1 rings (SSSR count). The summed E-state index contributed by atoms with van der Waals surface area (Å²) in [5.41, 5.74) is -0.670. The Kier molecular flexibility index (Phi) is 3.02. The van der Waals surface area contributed by atoms with E-state index in [1.54, 1.807) is 0 Å². The number of rotatable bonds is 1. The summed E-state index contributed by atoms with van der Waals surface area (Å²) in [6.45, 7) is 2.04. The lowest BCUT2D eigenvalue weighted by Gasteiger charge is -2.16. The summed E-state index contributed by atoms with van der Waals surface area (Å²) in [6, 6.07) is 1.44. The number of hydrogen-bond donors (Lipinski definition) is 0. The highest BCUT2D eigenvalue weighted by Gasteiger charge is 2.37. The van der Waals surface area contributed by atoms with E-state index >= 15 is 0 Å². The zero-order chi connectivity index (χ0) is 11.8. The smallest absolute Gasteiger partial charge is 0.207 e. The average Bonchev–Trinajstić information content (AvgIpc) is 2.10. The normalized spacial score (nSPS) is 14.1. The van der Waals surface area contributed by atoms with Gasteiger partial charge in [-0.15, -0.1) is 0 Å². The molecule has 0 unspecified atom stereocenters. The minimum atomic E-state index is -4.49. The van der Waals surface area contributed by atoms with Crippen molar-refractivity contribution in [3.8, 4) is 0 Å². The molecule has 1 atom stereocenters. The second-order valence-corrected chi connectivity index (χ2v) is 3.37. The molecular weight excluding hydrogens is 215 g/mol. The second kappa shape index (κ2) is 3.79. The minimum Gasteiger partial charge on any atom is -0.207 e. The van der Waals surface area contributed by atoms with E-state index in [-0.39, 0.29) is 5.56 Å². The second-order valence-electron chi connectivity index (χ2n) is 3.37. The summed E-state index contributed by atoms with van der Waals surface area (Å²) < 4.78 is 62.7. The highest BCUT2D eigenvalue weighted by Crippen LogP contribution is 2.35. The first-order valence-electron chi connectivity index (χ1n) is 4.25. The van der Waals surface area contributed by atoms with Gasteiger partial charge in [-0.1, -0.05) is 0 Å². The van der Waals surface area contributed by atoms with Crippen molar-refractivity contribution >= 4 is 0 Å². The molecule has 0 fully saturated rings. The molecule has 1 aromatic rings. The van der Waals surface area contributed by atoms with Crippen molar-refractivity contribution in [3.63, 3.8) is 0 Å². The van der Waals surface area contributed by atoms with E-state index in [9.17, 15) is 22.0 Å². The van der Waals surface area contributed by atoms with E-state index in [4.69, 9.17) is 0 Å². The van der Waals surface area contributed by atoms with Gasteiger partial charge in [0, 0.05) is 5.56 Å². The molecule has 0 saturated heterocycles. The van der Waals surface area contributed by atoms with E-state index in [1.807, 2.05) is 0 Å². The van der Waals surface area contributed by atoms with Crippen LogP contribution in [0.1, 0.15) is 24.0 Å². The first-order valence-corrected chi connectivity index (χ1v) is 4.25. The fraction of sp³-hybridized carbons (Fsp3) is 0.400. The van der Waals surface area contributed by atoms with Crippen LogP contribution in [-0.2, 0) is 0 Å². The maximum Gasteiger partial charge on any atom is 0.395 e. The van der Waals surface area contributed by atoms with Crippen LogP contribution in [0.3, 0.4) is 0 Å². The van der Waals surface area contributed by atoms with Gasteiger partial charge in [0.25, 0.3) is 0 Å². The van der Waals surface area contributed by atoms with Gasteiger partial charge >= 0.3 is 6.18 Å². The van der Waals surface area contributed by atoms with Crippen molar-refractivity contribution < 1.29 is 22.0 Å². The zero-order valence-electron chi connectivity index (χ0n) is 8.12. The summed E-state index contributed by atoms with van der Waals surface area (Å²) >= 11 is 0. The summed E-state index contributed by atoms with van der Waals surface area (Å²) in [4.78, 5) is 0. The molecule has 0 N–H and O–H groups in total. The van der Waals surface area contributed by atoms with Crippen LogP contribution in [0, 0.1) is 18.6 Å². The van der Waals surface area contributed by atoms with Crippen LogP contribution in [-0.4, -0.2) is 6.18 Å². The minimum absolute atomic E-state index is 0.270. The van der Waals surface area contributed by atoms with Gasteiger partial charge in [-0.05, 0) is 31.5 Å². The van der Waals surface area contributed by atoms with Gasteiger partial charge in [0.05, 0.1) is 5.92 Å². The predicted molar refractivity (Wildman–Crippen MR) is 45.6 cm³/mol. The number of halogens is 5. The Morgan fingerprint density at radius 2 is 1.47 bits per heavy atom.